The van der Waals surface area contributed by atoms with Crippen molar-refractivity contribution < 1.29 is 0 Å². The monoisotopic (exact) mass is 162 g/mol. The van der Waals surface area contributed by atoms with E-state index in [-0.39, 0.29) is 4.83 Å². The number of alkyl halides is 1. The van der Waals surface area contributed by atoms with Gasteiger partial charge < -0.3 is 5.73 Å². The van der Waals surface area contributed by atoms with Crippen molar-refractivity contribution in [2.24, 2.45) is 5.73 Å². The number of nitrogens with two attached hydrogens (primary N) is 1. The topological polar surface area (TPSA) is 49.8 Å². The second-order valence-electron chi connectivity index (χ2n) is 1.20. The van der Waals surface area contributed by atoms with E-state index in [9.17, 15) is 0 Å². The molecule has 40 valence electrons. The Labute approximate surface area is 51.4 Å². The molecule has 0 aliphatic heterocycles. The molecule has 3 heteroatoms. The van der Waals surface area contributed by atoms with E-state index in [1.807, 2.05) is 6.07 Å². The summed E-state index contributed by atoms with van der Waals surface area (Å²) < 4.78 is 0. The second-order valence-corrected chi connectivity index (χ2v) is 2.49. The van der Waals surface area contributed by atoms with Crippen molar-refractivity contribution in [1.82, 2.24) is 0 Å². The molecular formula is C4H7BrN2. The Morgan fingerprint density at radius 1 is 1.86 bits per heavy atom. The summed E-state index contributed by atoms with van der Waals surface area (Å²) in [6.45, 7) is 0.535. The summed E-state index contributed by atoms with van der Waals surface area (Å²) in [4.78, 5) is 0.178. The molecule has 0 rings (SSSR count). The highest BCUT2D eigenvalue weighted by molar-refractivity contribution is 9.09. The molecule has 0 heterocycles. The van der Waals surface area contributed by atoms with Gasteiger partial charge in [-0.2, -0.15) is 5.26 Å². The first-order chi connectivity index (χ1) is 3.31. The average molecular weight is 163 g/mol. The van der Waals surface area contributed by atoms with Crippen molar-refractivity contribution in [2.75, 3.05) is 6.54 Å². The van der Waals surface area contributed by atoms with Gasteiger partial charge in [-0.3, -0.25) is 0 Å². The smallest absolute Gasteiger partial charge is 0.0633 e. The Bertz CT molecular complexity index is 76.2. The minimum Gasteiger partial charge on any atom is -0.329 e. The standard InChI is InChI=1S/C4H7BrN2/c5-4(3-7)1-2-6/h4H,1,3,7H2. The van der Waals surface area contributed by atoms with Crippen molar-refractivity contribution in [3.05, 3.63) is 0 Å². The van der Waals surface area contributed by atoms with Gasteiger partial charge in [-0.05, 0) is 0 Å². The molecule has 0 aromatic heterocycles. The molecule has 0 fully saturated rings. The predicted octanol–water partition coefficient (Wildman–Crippen LogP) is 0.622. The summed E-state index contributed by atoms with van der Waals surface area (Å²) >= 11 is 3.19. The highest BCUT2D eigenvalue weighted by atomic mass is 79.9. The molecule has 0 saturated carbocycles. The maximum Gasteiger partial charge on any atom is 0.0633 e. The number of nitriles is 1. The number of rotatable bonds is 2. The zero-order valence-corrected chi connectivity index (χ0v) is 5.48. The normalized spacial score (nSPS) is 12.7. The third-order valence-corrected chi connectivity index (χ3v) is 1.27. The third kappa shape index (κ3) is 3.77. The summed E-state index contributed by atoms with van der Waals surface area (Å²) in [6.07, 6.45) is 0.497. The van der Waals surface area contributed by atoms with Crippen LogP contribution in [0.3, 0.4) is 0 Å². The van der Waals surface area contributed by atoms with E-state index in [1.165, 1.54) is 0 Å². The van der Waals surface area contributed by atoms with Crippen molar-refractivity contribution in [3.8, 4) is 6.07 Å². The minimum absolute atomic E-state index is 0.178. The van der Waals surface area contributed by atoms with Crippen LogP contribution in [-0.4, -0.2) is 11.4 Å². The van der Waals surface area contributed by atoms with Crippen molar-refractivity contribution in [1.29, 1.82) is 5.26 Å². The van der Waals surface area contributed by atoms with Crippen LogP contribution in [0, 0.1) is 11.3 Å². The zero-order valence-electron chi connectivity index (χ0n) is 3.89. The Morgan fingerprint density at radius 2 is 2.43 bits per heavy atom. The zero-order chi connectivity index (χ0) is 5.70. The lowest BCUT2D eigenvalue weighted by atomic mass is 10.3. The van der Waals surface area contributed by atoms with Gasteiger partial charge in [0.2, 0.25) is 0 Å². The predicted molar refractivity (Wildman–Crippen MR) is 32.0 cm³/mol. The SMILES string of the molecule is N#CCC(Br)CN. The summed E-state index contributed by atoms with van der Waals surface area (Å²) in [7, 11) is 0. The van der Waals surface area contributed by atoms with Gasteiger partial charge in [-0.15, -0.1) is 0 Å². The lowest BCUT2D eigenvalue weighted by Crippen LogP contribution is -2.11. The fourth-order valence-electron chi connectivity index (χ4n) is 0.182. The van der Waals surface area contributed by atoms with Crippen molar-refractivity contribution >= 4 is 15.9 Å². The molecule has 2 nitrogen and oxygen atoms in total. The van der Waals surface area contributed by atoms with Gasteiger partial charge >= 0.3 is 0 Å². The van der Waals surface area contributed by atoms with E-state index in [0.717, 1.165) is 0 Å². The molecule has 0 saturated heterocycles. The Kier molecular flexibility index (Phi) is 4.06. The lowest BCUT2D eigenvalue weighted by molar-refractivity contribution is 0.898. The average Bonchev–Trinajstić information content (AvgIpc) is 1.68. The molecule has 1 atom stereocenters. The van der Waals surface area contributed by atoms with Gasteiger partial charge in [0.25, 0.3) is 0 Å². The molecule has 0 radical (unpaired) electrons. The van der Waals surface area contributed by atoms with E-state index in [2.05, 4.69) is 15.9 Å². The van der Waals surface area contributed by atoms with Crippen LogP contribution in [0.4, 0.5) is 0 Å². The Morgan fingerprint density at radius 3 is 2.57 bits per heavy atom. The Hall–Kier alpha value is -0.0700. The maximum absolute atomic E-state index is 8.03. The van der Waals surface area contributed by atoms with Crippen LogP contribution in [0.15, 0.2) is 0 Å². The fourth-order valence-corrected chi connectivity index (χ4v) is 0.327. The highest BCUT2D eigenvalue weighted by Crippen LogP contribution is 1.99. The molecule has 0 spiro atoms. The molecule has 0 amide bonds. The van der Waals surface area contributed by atoms with Crippen LogP contribution >= 0.6 is 15.9 Å². The van der Waals surface area contributed by atoms with Gasteiger partial charge in [-0.25, -0.2) is 0 Å². The molecule has 7 heavy (non-hydrogen) atoms. The molecule has 0 aromatic rings. The molecular weight excluding hydrogens is 156 g/mol. The van der Waals surface area contributed by atoms with Gasteiger partial charge in [0.15, 0.2) is 0 Å². The van der Waals surface area contributed by atoms with Crippen molar-refractivity contribution in [2.45, 2.75) is 11.2 Å². The third-order valence-electron chi connectivity index (χ3n) is 0.569. The van der Waals surface area contributed by atoms with Crippen LogP contribution in [-0.2, 0) is 0 Å². The number of hydrogen-bond donors (Lipinski definition) is 1. The molecule has 0 aliphatic rings. The van der Waals surface area contributed by atoms with Crippen LogP contribution in [0.2, 0.25) is 0 Å². The quantitative estimate of drug-likeness (QED) is 0.606. The summed E-state index contributed by atoms with van der Waals surface area (Å²) in [5, 5.41) is 8.03. The maximum atomic E-state index is 8.03. The molecule has 0 aromatic carbocycles. The number of nitrogens with zero attached hydrogens (tertiary/aromatic N) is 1. The van der Waals surface area contributed by atoms with Gasteiger partial charge in [0, 0.05) is 17.8 Å². The molecule has 2 N–H and O–H groups in total. The van der Waals surface area contributed by atoms with E-state index in [4.69, 9.17) is 11.0 Å². The van der Waals surface area contributed by atoms with Gasteiger partial charge in [0.1, 0.15) is 0 Å². The van der Waals surface area contributed by atoms with Crippen LogP contribution in [0.1, 0.15) is 6.42 Å². The lowest BCUT2D eigenvalue weighted by Gasteiger charge is -1.94. The van der Waals surface area contributed by atoms with Crippen molar-refractivity contribution in [3.63, 3.8) is 0 Å². The largest absolute Gasteiger partial charge is 0.329 e. The van der Waals surface area contributed by atoms with E-state index >= 15 is 0 Å². The minimum atomic E-state index is 0.178. The number of hydrogen-bond acceptors (Lipinski definition) is 2. The van der Waals surface area contributed by atoms with E-state index < -0.39 is 0 Å². The summed E-state index contributed by atoms with van der Waals surface area (Å²) in [6, 6.07) is 1.99. The summed E-state index contributed by atoms with van der Waals surface area (Å²) in [5.74, 6) is 0. The Balaban J connectivity index is 3.03. The first-order valence-corrected chi connectivity index (χ1v) is 2.94. The second kappa shape index (κ2) is 4.10. The van der Waals surface area contributed by atoms with Crippen LogP contribution in [0.25, 0.3) is 0 Å². The molecule has 0 bridgehead atoms. The van der Waals surface area contributed by atoms with Gasteiger partial charge in [0.05, 0.1) is 6.07 Å². The van der Waals surface area contributed by atoms with Crippen LogP contribution in [0.5, 0.6) is 0 Å². The highest BCUT2D eigenvalue weighted by Gasteiger charge is 1.95. The van der Waals surface area contributed by atoms with E-state index in [1.54, 1.807) is 0 Å². The summed E-state index contributed by atoms with van der Waals surface area (Å²) in [5.41, 5.74) is 5.16. The van der Waals surface area contributed by atoms with Gasteiger partial charge in [-0.1, -0.05) is 15.9 Å². The molecule has 0 aliphatic carbocycles. The first kappa shape index (κ1) is 6.93. The van der Waals surface area contributed by atoms with E-state index in [0.29, 0.717) is 13.0 Å². The first-order valence-electron chi connectivity index (χ1n) is 2.02. The molecule has 1 unspecified atom stereocenters. The number of halogens is 1. The fraction of sp³-hybridized carbons (Fsp3) is 0.750. The van der Waals surface area contributed by atoms with Crippen LogP contribution < -0.4 is 5.73 Å².